The van der Waals surface area contributed by atoms with E-state index >= 15 is 0 Å². The third-order valence-electron chi connectivity index (χ3n) is 3.32. The molecule has 1 aromatic heterocycles. The first kappa shape index (κ1) is 12.9. The van der Waals surface area contributed by atoms with E-state index < -0.39 is 0 Å². The highest BCUT2D eigenvalue weighted by Crippen LogP contribution is 2.18. The van der Waals surface area contributed by atoms with Gasteiger partial charge in [0, 0.05) is 4.90 Å². The van der Waals surface area contributed by atoms with Crippen LogP contribution in [0.4, 0.5) is 0 Å². The Bertz CT molecular complexity index is 839. The van der Waals surface area contributed by atoms with Crippen LogP contribution in [0.15, 0.2) is 58.5 Å². The van der Waals surface area contributed by atoms with Gasteiger partial charge in [-0.3, -0.25) is 9.36 Å². The fourth-order valence-corrected chi connectivity index (χ4v) is 2.70. The fraction of sp³-hybridized carbons (Fsp3) is 0.125. The Morgan fingerprint density at radius 3 is 2.75 bits per heavy atom. The van der Waals surface area contributed by atoms with Gasteiger partial charge in [-0.25, -0.2) is 4.98 Å². The summed E-state index contributed by atoms with van der Waals surface area (Å²) in [6.45, 7) is 1.97. The van der Waals surface area contributed by atoms with E-state index in [0.29, 0.717) is 5.39 Å². The zero-order chi connectivity index (χ0) is 14.1. The van der Waals surface area contributed by atoms with Crippen molar-refractivity contribution in [3.63, 3.8) is 0 Å². The van der Waals surface area contributed by atoms with Gasteiger partial charge >= 0.3 is 0 Å². The van der Waals surface area contributed by atoms with Crippen molar-refractivity contribution in [3.05, 3.63) is 64.7 Å². The molecule has 0 saturated heterocycles. The molecule has 0 aliphatic rings. The van der Waals surface area contributed by atoms with Crippen LogP contribution in [0.1, 0.15) is 5.56 Å². The molecule has 4 heteroatoms. The highest BCUT2D eigenvalue weighted by molar-refractivity contribution is 7.98. The van der Waals surface area contributed by atoms with E-state index in [4.69, 9.17) is 0 Å². The molecular weight excluding hydrogens is 268 g/mol. The number of aromatic nitrogens is 2. The summed E-state index contributed by atoms with van der Waals surface area (Å²) in [6.07, 6.45) is 3.63. The van der Waals surface area contributed by atoms with Gasteiger partial charge in [-0.2, -0.15) is 0 Å². The number of hydrogen-bond acceptors (Lipinski definition) is 3. The Morgan fingerprint density at radius 1 is 1.15 bits per heavy atom. The second kappa shape index (κ2) is 5.13. The maximum absolute atomic E-state index is 12.6. The normalized spacial score (nSPS) is 10.9. The molecule has 3 rings (SSSR count). The van der Waals surface area contributed by atoms with Crippen molar-refractivity contribution in [2.45, 2.75) is 11.8 Å². The van der Waals surface area contributed by atoms with Gasteiger partial charge in [0.05, 0.1) is 16.6 Å². The lowest BCUT2D eigenvalue weighted by Gasteiger charge is -2.08. The predicted octanol–water partition coefficient (Wildman–Crippen LogP) is 3.42. The lowest BCUT2D eigenvalue weighted by molar-refractivity contribution is 0.957. The minimum Gasteiger partial charge on any atom is -0.268 e. The Balaban J connectivity index is 2.27. The predicted molar refractivity (Wildman–Crippen MR) is 83.9 cm³/mol. The Kier molecular flexibility index (Phi) is 3.32. The average Bonchev–Trinajstić information content (AvgIpc) is 2.48. The van der Waals surface area contributed by atoms with Crippen molar-refractivity contribution in [2.24, 2.45) is 0 Å². The Labute approximate surface area is 121 Å². The van der Waals surface area contributed by atoms with Crippen LogP contribution < -0.4 is 5.56 Å². The molecule has 0 bridgehead atoms. The first-order chi connectivity index (χ1) is 9.70. The third kappa shape index (κ3) is 2.12. The summed E-state index contributed by atoms with van der Waals surface area (Å²) < 4.78 is 1.60. The lowest BCUT2D eigenvalue weighted by atomic mass is 10.1. The number of nitrogens with zero attached hydrogens (tertiary/aromatic N) is 2. The van der Waals surface area contributed by atoms with Crippen LogP contribution in [0.2, 0.25) is 0 Å². The van der Waals surface area contributed by atoms with E-state index in [1.807, 2.05) is 55.6 Å². The van der Waals surface area contributed by atoms with Crippen LogP contribution in [-0.4, -0.2) is 15.8 Å². The summed E-state index contributed by atoms with van der Waals surface area (Å²) in [7, 11) is 0. The largest absolute Gasteiger partial charge is 0.268 e. The van der Waals surface area contributed by atoms with E-state index in [1.165, 1.54) is 0 Å². The number of hydrogen-bond donors (Lipinski definition) is 0. The van der Waals surface area contributed by atoms with Gasteiger partial charge in [0.25, 0.3) is 5.56 Å². The van der Waals surface area contributed by atoms with Crippen LogP contribution in [0.3, 0.4) is 0 Å². The summed E-state index contributed by atoms with van der Waals surface area (Å²) >= 11 is 1.65. The van der Waals surface area contributed by atoms with Gasteiger partial charge in [0.1, 0.15) is 6.33 Å². The molecule has 0 aliphatic carbocycles. The van der Waals surface area contributed by atoms with E-state index in [-0.39, 0.29) is 5.56 Å². The molecular formula is C16H14N2OS. The number of rotatable bonds is 2. The molecule has 0 atom stereocenters. The highest BCUT2D eigenvalue weighted by atomic mass is 32.2. The molecule has 0 saturated carbocycles. The third-order valence-corrected chi connectivity index (χ3v) is 4.05. The first-order valence-electron chi connectivity index (χ1n) is 6.32. The molecule has 0 amide bonds. The maximum Gasteiger partial charge on any atom is 0.265 e. The van der Waals surface area contributed by atoms with Crippen LogP contribution >= 0.6 is 11.8 Å². The minimum atomic E-state index is -0.0306. The molecule has 3 nitrogen and oxygen atoms in total. The lowest BCUT2D eigenvalue weighted by Crippen LogP contribution is -2.19. The van der Waals surface area contributed by atoms with Crippen molar-refractivity contribution in [1.29, 1.82) is 0 Å². The maximum atomic E-state index is 12.6. The smallest absolute Gasteiger partial charge is 0.265 e. The van der Waals surface area contributed by atoms with Crippen molar-refractivity contribution < 1.29 is 0 Å². The Morgan fingerprint density at radius 2 is 1.95 bits per heavy atom. The fourth-order valence-electron chi connectivity index (χ4n) is 2.24. The monoisotopic (exact) mass is 282 g/mol. The van der Waals surface area contributed by atoms with Gasteiger partial charge in [-0.1, -0.05) is 18.2 Å². The van der Waals surface area contributed by atoms with Crippen LogP contribution in [0.25, 0.3) is 16.6 Å². The molecule has 0 N–H and O–H groups in total. The summed E-state index contributed by atoms with van der Waals surface area (Å²) in [6, 6.07) is 13.6. The van der Waals surface area contributed by atoms with Gasteiger partial charge in [0.15, 0.2) is 0 Å². The van der Waals surface area contributed by atoms with E-state index in [0.717, 1.165) is 21.7 Å². The van der Waals surface area contributed by atoms with Crippen molar-refractivity contribution >= 4 is 22.7 Å². The van der Waals surface area contributed by atoms with Gasteiger partial charge in [-0.05, 0) is 43.0 Å². The molecule has 20 heavy (non-hydrogen) atoms. The van der Waals surface area contributed by atoms with E-state index in [2.05, 4.69) is 4.98 Å². The first-order valence-corrected chi connectivity index (χ1v) is 7.54. The summed E-state index contributed by atoms with van der Waals surface area (Å²) in [4.78, 5) is 18.2. The molecule has 100 valence electrons. The average molecular weight is 282 g/mol. The quantitative estimate of drug-likeness (QED) is 0.676. The molecule has 0 aliphatic heterocycles. The van der Waals surface area contributed by atoms with E-state index in [9.17, 15) is 4.79 Å². The molecule has 0 spiro atoms. The Hall–Kier alpha value is -2.07. The molecule has 0 fully saturated rings. The molecule has 2 aromatic carbocycles. The highest BCUT2D eigenvalue weighted by Gasteiger charge is 2.07. The number of thioether (sulfide) groups is 1. The molecule has 3 aromatic rings. The topological polar surface area (TPSA) is 34.9 Å². The molecule has 1 heterocycles. The zero-order valence-corrected chi connectivity index (χ0v) is 12.1. The standard InChI is InChI=1S/C16H14N2OS/c1-11-5-3-8-14-15(11)17-10-18(16(14)19)12-6-4-7-13(9-12)20-2/h3-10H,1-2H3. The SMILES string of the molecule is CSc1cccc(-n2cnc3c(C)cccc3c2=O)c1. The van der Waals surface area contributed by atoms with Gasteiger partial charge in [-0.15, -0.1) is 11.8 Å². The van der Waals surface area contributed by atoms with E-state index in [1.54, 1.807) is 22.7 Å². The van der Waals surface area contributed by atoms with Crippen molar-refractivity contribution in [1.82, 2.24) is 9.55 Å². The summed E-state index contributed by atoms with van der Waals surface area (Å²) in [5.74, 6) is 0. The van der Waals surface area contributed by atoms with Crippen LogP contribution in [0, 0.1) is 6.92 Å². The second-order valence-electron chi connectivity index (χ2n) is 4.59. The number of aryl methyl sites for hydroxylation is 1. The van der Waals surface area contributed by atoms with Crippen LogP contribution in [-0.2, 0) is 0 Å². The molecule has 0 radical (unpaired) electrons. The van der Waals surface area contributed by atoms with Gasteiger partial charge in [0.2, 0.25) is 0 Å². The second-order valence-corrected chi connectivity index (χ2v) is 5.47. The van der Waals surface area contributed by atoms with Gasteiger partial charge < -0.3 is 0 Å². The number of para-hydroxylation sites is 1. The summed E-state index contributed by atoms with van der Waals surface area (Å²) in [5.41, 5.74) is 2.61. The summed E-state index contributed by atoms with van der Waals surface area (Å²) in [5, 5.41) is 0.655. The van der Waals surface area contributed by atoms with Crippen LogP contribution in [0.5, 0.6) is 0 Å². The van der Waals surface area contributed by atoms with Crippen molar-refractivity contribution in [2.75, 3.05) is 6.26 Å². The molecule has 0 unspecified atom stereocenters. The minimum absolute atomic E-state index is 0.0306. The van der Waals surface area contributed by atoms with Crippen molar-refractivity contribution in [3.8, 4) is 5.69 Å². The number of fused-ring (bicyclic) bond motifs is 1. The number of benzene rings is 2. The zero-order valence-electron chi connectivity index (χ0n) is 11.3.